The largest absolute Gasteiger partial charge is 0.445 e. The second kappa shape index (κ2) is 7.84. The molecule has 0 saturated carbocycles. The number of carbonyl (C=O) groups is 1. The zero-order valence-electron chi connectivity index (χ0n) is 12.2. The molecular weight excluding hydrogens is 281 g/mol. The van der Waals surface area contributed by atoms with Gasteiger partial charge in [-0.05, 0) is 30.2 Å². The lowest BCUT2D eigenvalue weighted by Gasteiger charge is -2.04. The lowest BCUT2D eigenvalue weighted by atomic mass is 10.1. The van der Waals surface area contributed by atoms with Crippen molar-refractivity contribution in [3.8, 4) is 11.8 Å². The summed E-state index contributed by atoms with van der Waals surface area (Å²) in [5.74, 6) is 5.00. The molecule has 0 spiro atoms. The standard InChI is InChI=1S/C18H16FNO2/c1-14-9-10-16(17(19)12-14)8-5-11-20-18(21)22-13-15-6-3-2-4-7-15/h2-4,6-7,9-10,12H,11,13H2,1H3,(H,20,21). The summed E-state index contributed by atoms with van der Waals surface area (Å²) in [7, 11) is 0. The third-order valence-corrected chi connectivity index (χ3v) is 2.88. The smallest absolute Gasteiger partial charge is 0.408 e. The summed E-state index contributed by atoms with van der Waals surface area (Å²) in [6.07, 6.45) is -0.553. The molecule has 2 rings (SSSR count). The van der Waals surface area contributed by atoms with E-state index in [9.17, 15) is 9.18 Å². The quantitative estimate of drug-likeness (QED) is 0.882. The van der Waals surface area contributed by atoms with E-state index in [0.717, 1.165) is 11.1 Å². The van der Waals surface area contributed by atoms with E-state index in [1.165, 1.54) is 6.07 Å². The van der Waals surface area contributed by atoms with Crippen molar-refractivity contribution in [2.75, 3.05) is 6.54 Å². The van der Waals surface area contributed by atoms with Crippen molar-refractivity contribution in [2.24, 2.45) is 0 Å². The lowest BCUT2D eigenvalue weighted by molar-refractivity contribution is 0.141. The molecule has 0 bridgehead atoms. The molecule has 0 aliphatic heterocycles. The Morgan fingerprint density at radius 2 is 2.00 bits per heavy atom. The van der Waals surface area contributed by atoms with Crippen molar-refractivity contribution < 1.29 is 13.9 Å². The van der Waals surface area contributed by atoms with Gasteiger partial charge in [-0.25, -0.2) is 9.18 Å². The van der Waals surface area contributed by atoms with Crippen molar-refractivity contribution in [3.63, 3.8) is 0 Å². The second-order valence-electron chi connectivity index (χ2n) is 4.70. The number of halogens is 1. The van der Waals surface area contributed by atoms with Crippen LogP contribution in [-0.2, 0) is 11.3 Å². The van der Waals surface area contributed by atoms with E-state index in [4.69, 9.17) is 4.74 Å². The third kappa shape index (κ3) is 4.95. The van der Waals surface area contributed by atoms with Gasteiger partial charge < -0.3 is 10.1 Å². The topological polar surface area (TPSA) is 38.3 Å². The Labute approximate surface area is 129 Å². The number of benzene rings is 2. The van der Waals surface area contributed by atoms with Gasteiger partial charge >= 0.3 is 6.09 Å². The monoisotopic (exact) mass is 297 g/mol. The summed E-state index contributed by atoms with van der Waals surface area (Å²) in [5, 5.41) is 2.50. The lowest BCUT2D eigenvalue weighted by Crippen LogP contribution is -2.24. The molecule has 0 aromatic heterocycles. The average molecular weight is 297 g/mol. The summed E-state index contributed by atoms with van der Waals surface area (Å²) in [4.78, 5) is 11.5. The first-order valence-corrected chi connectivity index (χ1v) is 6.85. The van der Waals surface area contributed by atoms with Gasteiger partial charge in [0.1, 0.15) is 12.4 Å². The molecule has 0 heterocycles. The number of ether oxygens (including phenoxy) is 1. The highest BCUT2D eigenvalue weighted by Gasteiger charge is 2.01. The fraction of sp³-hybridized carbons (Fsp3) is 0.167. The number of nitrogens with one attached hydrogen (secondary N) is 1. The number of aryl methyl sites for hydroxylation is 1. The number of carbonyl (C=O) groups excluding carboxylic acids is 1. The Morgan fingerprint density at radius 1 is 1.23 bits per heavy atom. The van der Waals surface area contributed by atoms with Gasteiger partial charge in [0.2, 0.25) is 0 Å². The highest BCUT2D eigenvalue weighted by atomic mass is 19.1. The predicted molar refractivity (Wildman–Crippen MR) is 82.6 cm³/mol. The van der Waals surface area contributed by atoms with Crippen LogP contribution in [0.25, 0.3) is 0 Å². The SMILES string of the molecule is Cc1ccc(C#CCNC(=O)OCc2ccccc2)c(F)c1. The van der Waals surface area contributed by atoms with Crippen LogP contribution in [0.5, 0.6) is 0 Å². The second-order valence-corrected chi connectivity index (χ2v) is 4.70. The molecule has 2 aromatic rings. The Hall–Kier alpha value is -2.80. The van der Waals surface area contributed by atoms with E-state index in [-0.39, 0.29) is 19.0 Å². The highest BCUT2D eigenvalue weighted by molar-refractivity contribution is 5.67. The minimum atomic E-state index is -0.553. The molecule has 2 aromatic carbocycles. The van der Waals surface area contributed by atoms with Crippen LogP contribution in [0.15, 0.2) is 48.5 Å². The molecule has 0 atom stereocenters. The van der Waals surface area contributed by atoms with Crippen molar-refractivity contribution in [1.82, 2.24) is 5.32 Å². The van der Waals surface area contributed by atoms with Crippen LogP contribution in [0.3, 0.4) is 0 Å². The van der Waals surface area contributed by atoms with Crippen LogP contribution in [0.2, 0.25) is 0 Å². The molecule has 0 saturated heterocycles. The van der Waals surface area contributed by atoms with Crippen LogP contribution in [0.4, 0.5) is 9.18 Å². The summed E-state index contributed by atoms with van der Waals surface area (Å²) in [5.41, 5.74) is 2.06. The van der Waals surface area contributed by atoms with Crippen molar-refractivity contribution in [2.45, 2.75) is 13.5 Å². The van der Waals surface area contributed by atoms with E-state index in [2.05, 4.69) is 17.2 Å². The summed E-state index contributed by atoms with van der Waals surface area (Å²) in [6.45, 7) is 2.11. The van der Waals surface area contributed by atoms with Gasteiger partial charge in [0, 0.05) is 0 Å². The van der Waals surface area contributed by atoms with Crippen molar-refractivity contribution >= 4 is 6.09 Å². The van der Waals surface area contributed by atoms with E-state index < -0.39 is 6.09 Å². The fourth-order valence-electron chi connectivity index (χ4n) is 1.75. The Bertz CT molecular complexity index is 702. The molecule has 0 radical (unpaired) electrons. The molecule has 0 aliphatic rings. The summed E-state index contributed by atoms with van der Waals surface area (Å²) < 4.78 is 18.6. The summed E-state index contributed by atoms with van der Waals surface area (Å²) >= 11 is 0. The van der Waals surface area contributed by atoms with Gasteiger partial charge in [-0.2, -0.15) is 0 Å². The zero-order valence-corrected chi connectivity index (χ0v) is 12.2. The van der Waals surface area contributed by atoms with Gasteiger partial charge in [-0.3, -0.25) is 0 Å². The molecule has 112 valence electrons. The van der Waals surface area contributed by atoms with E-state index in [1.807, 2.05) is 37.3 Å². The van der Waals surface area contributed by atoms with E-state index in [0.29, 0.717) is 5.56 Å². The number of hydrogen-bond donors (Lipinski definition) is 1. The maximum Gasteiger partial charge on any atom is 0.408 e. The number of alkyl carbamates (subject to hydrolysis) is 1. The van der Waals surface area contributed by atoms with Gasteiger partial charge in [-0.1, -0.05) is 48.2 Å². The van der Waals surface area contributed by atoms with Crippen LogP contribution in [-0.4, -0.2) is 12.6 Å². The minimum Gasteiger partial charge on any atom is -0.445 e. The van der Waals surface area contributed by atoms with Crippen LogP contribution < -0.4 is 5.32 Å². The van der Waals surface area contributed by atoms with Crippen LogP contribution in [0.1, 0.15) is 16.7 Å². The van der Waals surface area contributed by atoms with Crippen LogP contribution in [0, 0.1) is 24.6 Å². The molecule has 0 aliphatic carbocycles. The fourth-order valence-corrected chi connectivity index (χ4v) is 1.75. The van der Waals surface area contributed by atoms with Gasteiger partial charge in [0.15, 0.2) is 0 Å². The molecule has 0 fully saturated rings. The molecule has 3 nitrogen and oxygen atoms in total. The molecule has 1 N–H and O–H groups in total. The Morgan fingerprint density at radius 3 is 2.73 bits per heavy atom. The van der Waals surface area contributed by atoms with Crippen molar-refractivity contribution in [1.29, 1.82) is 0 Å². The van der Waals surface area contributed by atoms with E-state index >= 15 is 0 Å². The normalized spacial score (nSPS) is 9.55. The average Bonchev–Trinajstić information content (AvgIpc) is 2.52. The molecule has 0 unspecified atom stereocenters. The Balaban J connectivity index is 1.76. The molecule has 22 heavy (non-hydrogen) atoms. The molecular formula is C18H16FNO2. The zero-order chi connectivity index (χ0) is 15.8. The maximum absolute atomic E-state index is 13.5. The van der Waals surface area contributed by atoms with Gasteiger partial charge in [-0.15, -0.1) is 0 Å². The predicted octanol–water partition coefficient (Wildman–Crippen LogP) is 3.41. The first-order chi connectivity index (χ1) is 10.6. The number of hydrogen-bond acceptors (Lipinski definition) is 2. The van der Waals surface area contributed by atoms with Gasteiger partial charge in [0.05, 0.1) is 12.1 Å². The Kier molecular flexibility index (Phi) is 5.56. The first-order valence-electron chi connectivity index (χ1n) is 6.85. The first kappa shape index (κ1) is 15.6. The minimum absolute atomic E-state index is 0.0982. The highest BCUT2D eigenvalue weighted by Crippen LogP contribution is 2.07. The van der Waals surface area contributed by atoms with Crippen LogP contribution >= 0.6 is 0 Å². The van der Waals surface area contributed by atoms with Crippen molar-refractivity contribution in [3.05, 3.63) is 71.0 Å². The maximum atomic E-state index is 13.5. The molecule has 4 heteroatoms. The van der Waals surface area contributed by atoms with Gasteiger partial charge in [0.25, 0.3) is 0 Å². The summed E-state index contributed by atoms with van der Waals surface area (Å²) in [6, 6.07) is 14.2. The number of amides is 1. The molecule has 1 amide bonds. The number of rotatable bonds is 3. The third-order valence-electron chi connectivity index (χ3n) is 2.88. The van der Waals surface area contributed by atoms with E-state index in [1.54, 1.807) is 12.1 Å².